The Morgan fingerprint density at radius 2 is 1.79 bits per heavy atom. The van der Waals surface area contributed by atoms with E-state index in [1.807, 2.05) is 18.2 Å². The Morgan fingerprint density at radius 3 is 2.52 bits per heavy atom. The lowest BCUT2D eigenvalue weighted by Crippen LogP contribution is -2.61. The molecule has 0 spiro atoms. The van der Waals surface area contributed by atoms with E-state index in [2.05, 4.69) is 53.1 Å². The first-order chi connectivity index (χ1) is 14.1. The minimum Gasteiger partial charge on any atom is -0.390 e. The van der Waals surface area contributed by atoms with Crippen molar-refractivity contribution < 1.29 is 9.84 Å². The molecule has 2 aliphatic heterocycles. The molecule has 4 nitrogen and oxygen atoms in total. The number of piperidine rings is 1. The van der Waals surface area contributed by atoms with Gasteiger partial charge in [0.2, 0.25) is 0 Å². The van der Waals surface area contributed by atoms with Gasteiger partial charge in [0.05, 0.1) is 18.8 Å². The highest BCUT2D eigenvalue weighted by atomic mass is 35.5. The van der Waals surface area contributed by atoms with Crippen molar-refractivity contribution in [2.24, 2.45) is 0 Å². The summed E-state index contributed by atoms with van der Waals surface area (Å²) >= 11 is 6.04. The lowest BCUT2D eigenvalue weighted by Gasteiger charge is -2.48. The first-order valence-electron chi connectivity index (χ1n) is 10.6. The number of aliphatic hydroxyl groups excluding tert-OH is 1. The van der Waals surface area contributed by atoms with Crippen molar-refractivity contribution in [1.82, 2.24) is 9.80 Å². The van der Waals surface area contributed by atoms with E-state index in [4.69, 9.17) is 16.3 Å². The smallest absolute Gasteiger partial charge is 0.0822 e. The van der Waals surface area contributed by atoms with Gasteiger partial charge in [-0.1, -0.05) is 54.1 Å². The van der Waals surface area contributed by atoms with E-state index >= 15 is 0 Å². The lowest BCUT2D eigenvalue weighted by atomic mass is 9.94. The van der Waals surface area contributed by atoms with Crippen LogP contribution in [0.25, 0.3) is 0 Å². The Kier molecular flexibility index (Phi) is 6.88. The zero-order valence-corrected chi connectivity index (χ0v) is 17.8. The van der Waals surface area contributed by atoms with E-state index in [9.17, 15) is 5.11 Å². The van der Waals surface area contributed by atoms with Crippen LogP contribution in [0.3, 0.4) is 0 Å². The van der Waals surface area contributed by atoms with Crippen LogP contribution in [0, 0.1) is 0 Å². The molecule has 0 bridgehead atoms. The molecule has 4 rings (SSSR count). The van der Waals surface area contributed by atoms with Gasteiger partial charge in [-0.15, -0.1) is 0 Å². The van der Waals surface area contributed by atoms with Gasteiger partial charge < -0.3 is 9.84 Å². The van der Waals surface area contributed by atoms with E-state index in [-0.39, 0.29) is 24.3 Å². The summed E-state index contributed by atoms with van der Waals surface area (Å²) < 4.78 is 5.98. The average molecular weight is 415 g/mol. The zero-order chi connectivity index (χ0) is 20.2. The van der Waals surface area contributed by atoms with Crippen LogP contribution in [-0.4, -0.2) is 65.4 Å². The van der Waals surface area contributed by atoms with Gasteiger partial charge in [-0.25, -0.2) is 0 Å². The Hall–Kier alpha value is -1.43. The molecule has 2 unspecified atom stereocenters. The van der Waals surface area contributed by atoms with Gasteiger partial charge in [-0.3, -0.25) is 9.80 Å². The minimum absolute atomic E-state index is 0.186. The lowest BCUT2D eigenvalue weighted by molar-refractivity contribution is -0.107. The highest BCUT2D eigenvalue weighted by Crippen LogP contribution is 2.26. The molecule has 0 aliphatic carbocycles. The number of morpholine rings is 1. The van der Waals surface area contributed by atoms with Gasteiger partial charge in [0.1, 0.15) is 0 Å². The molecule has 0 saturated carbocycles. The number of benzene rings is 2. The van der Waals surface area contributed by atoms with Crippen LogP contribution in [0.4, 0.5) is 0 Å². The molecule has 156 valence electrons. The van der Waals surface area contributed by atoms with Crippen molar-refractivity contribution in [3.8, 4) is 0 Å². The average Bonchev–Trinajstić information content (AvgIpc) is 2.72. The van der Waals surface area contributed by atoms with Crippen molar-refractivity contribution in [3.05, 3.63) is 70.7 Å². The first kappa shape index (κ1) is 20.8. The summed E-state index contributed by atoms with van der Waals surface area (Å²) in [4.78, 5) is 4.88. The van der Waals surface area contributed by atoms with Gasteiger partial charge in [-0.05, 0) is 43.0 Å². The highest BCUT2D eigenvalue weighted by Gasteiger charge is 2.38. The molecule has 2 saturated heterocycles. The second-order valence-electron chi connectivity index (χ2n) is 8.47. The number of halogens is 1. The summed E-state index contributed by atoms with van der Waals surface area (Å²) in [5.41, 5.74) is 2.57. The van der Waals surface area contributed by atoms with Crippen molar-refractivity contribution >= 4 is 11.6 Å². The standard InChI is InChI=1S/C24H31ClN2O2/c1-18-14-27(22(17-29-18)13-19-7-9-21(25)10-8-19)23-11-12-26(16-24(23)28)15-20-5-3-2-4-6-20/h2-10,18,22-24,28H,11-17H2,1H3/t18-,22-,23?,24?/m0/s1. The monoisotopic (exact) mass is 414 g/mol. The Bertz CT molecular complexity index is 770. The number of ether oxygens (including phenoxy) is 1. The summed E-state index contributed by atoms with van der Waals surface area (Å²) in [6.45, 7) is 6.34. The van der Waals surface area contributed by atoms with Gasteiger partial charge in [0.15, 0.2) is 0 Å². The number of nitrogens with zero attached hydrogens (tertiary/aromatic N) is 2. The summed E-state index contributed by atoms with van der Waals surface area (Å²) in [7, 11) is 0. The third-order valence-electron chi connectivity index (χ3n) is 6.20. The van der Waals surface area contributed by atoms with E-state index in [0.717, 1.165) is 44.0 Å². The molecule has 2 fully saturated rings. The van der Waals surface area contributed by atoms with Crippen molar-refractivity contribution in [2.75, 3.05) is 26.2 Å². The fourth-order valence-electron chi connectivity index (χ4n) is 4.70. The fraction of sp³-hybridized carbons (Fsp3) is 0.500. The third-order valence-corrected chi connectivity index (χ3v) is 6.45. The normalized spacial score (nSPS) is 29.1. The van der Waals surface area contributed by atoms with Crippen molar-refractivity contribution in [3.63, 3.8) is 0 Å². The number of hydrogen-bond donors (Lipinski definition) is 1. The summed E-state index contributed by atoms with van der Waals surface area (Å²) in [6, 6.07) is 19.1. The van der Waals surface area contributed by atoms with Gasteiger partial charge >= 0.3 is 0 Å². The van der Waals surface area contributed by atoms with Crippen molar-refractivity contribution in [2.45, 2.75) is 50.6 Å². The molecule has 2 heterocycles. The predicted molar refractivity (Wildman–Crippen MR) is 117 cm³/mol. The van der Waals surface area contributed by atoms with Gasteiger partial charge in [0, 0.05) is 43.3 Å². The zero-order valence-electron chi connectivity index (χ0n) is 17.1. The molecule has 0 amide bonds. The third kappa shape index (κ3) is 5.39. The minimum atomic E-state index is -0.342. The van der Waals surface area contributed by atoms with Crippen LogP contribution >= 0.6 is 11.6 Å². The molecule has 29 heavy (non-hydrogen) atoms. The van der Waals surface area contributed by atoms with E-state index in [1.165, 1.54) is 11.1 Å². The summed E-state index contributed by atoms with van der Waals surface area (Å²) in [5.74, 6) is 0. The highest BCUT2D eigenvalue weighted by molar-refractivity contribution is 6.30. The van der Waals surface area contributed by atoms with Crippen LogP contribution in [0.1, 0.15) is 24.5 Å². The Balaban J connectivity index is 1.41. The molecule has 0 aromatic heterocycles. The second-order valence-corrected chi connectivity index (χ2v) is 8.91. The maximum Gasteiger partial charge on any atom is 0.0822 e. The van der Waals surface area contributed by atoms with Crippen LogP contribution in [0.15, 0.2) is 54.6 Å². The quantitative estimate of drug-likeness (QED) is 0.810. The van der Waals surface area contributed by atoms with Crippen molar-refractivity contribution in [1.29, 1.82) is 0 Å². The molecular weight excluding hydrogens is 384 g/mol. The maximum atomic E-state index is 11.0. The van der Waals surface area contributed by atoms with Crippen LogP contribution < -0.4 is 0 Å². The molecule has 1 N–H and O–H groups in total. The molecular formula is C24H31ClN2O2. The van der Waals surface area contributed by atoms with Gasteiger partial charge in [0.25, 0.3) is 0 Å². The molecule has 2 aromatic rings. The van der Waals surface area contributed by atoms with Crippen LogP contribution in [-0.2, 0) is 17.7 Å². The molecule has 2 aromatic carbocycles. The number of aliphatic hydroxyl groups is 1. The largest absolute Gasteiger partial charge is 0.390 e. The molecule has 0 radical (unpaired) electrons. The topological polar surface area (TPSA) is 35.9 Å². The number of rotatable bonds is 5. The molecule has 5 heteroatoms. The van der Waals surface area contributed by atoms with Crippen LogP contribution in [0.5, 0.6) is 0 Å². The summed E-state index contributed by atoms with van der Waals surface area (Å²) in [5, 5.41) is 11.8. The maximum absolute atomic E-state index is 11.0. The second kappa shape index (κ2) is 9.59. The van der Waals surface area contributed by atoms with E-state index in [0.29, 0.717) is 6.61 Å². The van der Waals surface area contributed by atoms with Gasteiger partial charge in [-0.2, -0.15) is 0 Å². The first-order valence-corrected chi connectivity index (χ1v) is 11.0. The van der Waals surface area contributed by atoms with E-state index < -0.39 is 0 Å². The Labute approximate surface area is 179 Å². The predicted octanol–water partition coefficient (Wildman–Crippen LogP) is 3.61. The van der Waals surface area contributed by atoms with Crippen LogP contribution in [0.2, 0.25) is 5.02 Å². The Morgan fingerprint density at radius 1 is 1.03 bits per heavy atom. The SMILES string of the molecule is C[C@H]1CN(C2CCN(Cc3ccccc3)CC2O)[C@@H](Cc2ccc(Cl)cc2)CO1. The van der Waals surface area contributed by atoms with E-state index in [1.54, 1.807) is 0 Å². The number of hydrogen-bond acceptors (Lipinski definition) is 4. The fourth-order valence-corrected chi connectivity index (χ4v) is 4.83. The number of β-amino-alcohol motifs (C(OH)–C–C–N with tert-alkyl or cyclic N) is 1. The molecule has 2 aliphatic rings. The summed E-state index contributed by atoms with van der Waals surface area (Å²) in [6.07, 6.45) is 1.76. The number of likely N-dealkylation sites (tertiary alicyclic amines) is 1. The molecule has 4 atom stereocenters.